The van der Waals surface area contributed by atoms with E-state index < -0.39 is 6.36 Å². The van der Waals surface area contributed by atoms with Crippen LogP contribution in [-0.2, 0) is 4.74 Å². The first-order valence-corrected chi connectivity index (χ1v) is 3.53. The zero-order chi connectivity index (χ0) is 9.90. The van der Waals surface area contributed by atoms with Crippen LogP contribution in [0.1, 0.15) is 11.3 Å². The molecule has 0 aliphatic carbocycles. The number of aryl methyl sites for hydroxylation is 1. The smallest absolute Gasteiger partial charge is 0.414 e. The molecule has 0 spiro atoms. The van der Waals surface area contributed by atoms with E-state index in [4.69, 9.17) is 0 Å². The monoisotopic (exact) mass is 191 g/mol. The third-order valence-electron chi connectivity index (χ3n) is 1.31. The maximum atomic E-state index is 11.5. The van der Waals surface area contributed by atoms with Crippen LogP contribution < -0.4 is 0 Å². The van der Waals surface area contributed by atoms with E-state index in [1.807, 2.05) is 6.92 Å². The second-order valence-electron chi connectivity index (χ2n) is 2.48. The van der Waals surface area contributed by atoms with Gasteiger partial charge in [0.05, 0.1) is 6.26 Å². The maximum absolute atomic E-state index is 11.5. The van der Waals surface area contributed by atoms with Gasteiger partial charge in [0.2, 0.25) is 0 Å². The van der Waals surface area contributed by atoms with Crippen molar-refractivity contribution in [2.24, 2.45) is 0 Å². The fourth-order valence-corrected chi connectivity index (χ4v) is 0.816. The van der Waals surface area contributed by atoms with Gasteiger partial charge < -0.3 is 9.72 Å². The molecular weight excluding hydrogens is 183 g/mol. The lowest BCUT2D eigenvalue weighted by Crippen LogP contribution is -2.08. The topological polar surface area (TPSA) is 25.0 Å². The van der Waals surface area contributed by atoms with E-state index in [0.29, 0.717) is 11.8 Å². The molecule has 1 rings (SSSR count). The molecule has 13 heavy (non-hydrogen) atoms. The molecule has 1 aromatic rings. The van der Waals surface area contributed by atoms with Gasteiger partial charge in [0.1, 0.15) is 0 Å². The van der Waals surface area contributed by atoms with E-state index in [0.717, 1.165) is 5.69 Å². The number of rotatable bonds is 2. The van der Waals surface area contributed by atoms with E-state index in [9.17, 15) is 13.2 Å². The minimum absolute atomic E-state index is 0.614. The normalized spacial score (nSPS) is 12.3. The maximum Gasteiger partial charge on any atom is 0.572 e. The second kappa shape index (κ2) is 3.55. The number of ether oxygens (including phenoxy) is 1. The van der Waals surface area contributed by atoms with Gasteiger partial charge in [-0.1, -0.05) is 0 Å². The van der Waals surface area contributed by atoms with Gasteiger partial charge in [-0.25, -0.2) is 0 Å². The van der Waals surface area contributed by atoms with Gasteiger partial charge >= 0.3 is 6.36 Å². The predicted molar refractivity (Wildman–Crippen MR) is 41.7 cm³/mol. The summed E-state index contributed by atoms with van der Waals surface area (Å²) in [5, 5.41) is 0. The van der Waals surface area contributed by atoms with Gasteiger partial charge in [-0.15, -0.1) is 13.2 Å². The molecular formula is C8H8F3NO. The highest BCUT2D eigenvalue weighted by molar-refractivity contribution is 5.47. The number of H-pyrrole nitrogens is 1. The van der Waals surface area contributed by atoms with Gasteiger partial charge in [-0.2, -0.15) is 0 Å². The first-order valence-electron chi connectivity index (χ1n) is 3.53. The zero-order valence-electron chi connectivity index (χ0n) is 6.85. The van der Waals surface area contributed by atoms with Crippen molar-refractivity contribution < 1.29 is 17.9 Å². The highest BCUT2D eigenvalue weighted by Gasteiger charge is 2.28. The summed E-state index contributed by atoms with van der Waals surface area (Å²) >= 11 is 0. The number of hydrogen-bond donors (Lipinski definition) is 1. The number of hydrogen-bond acceptors (Lipinski definition) is 1. The van der Waals surface area contributed by atoms with Crippen LogP contribution in [0.25, 0.3) is 6.08 Å². The highest BCUT2D eigenvalue weighted by Crippen LogP contribution is 2.17. The molecule has 0 saturated carbocycles. The lowest BCUT2D eigenvalue weighted by molar-refractivity contribution is -0.297. The minimum atomic E-state index is -4.61. The molecule has 1 heterocycles. The van der Waals surface area contributed by atoms with Crippen molar-refractivity contribution in [3.05, 3.63) is 29.8 Å². The second-order valence-corrected chi connectivity index (χ2v) is 2.48. The molecule has 5 heteroatoms. The Morgan fingerprint density at radius 1 is 1.46 bits per heavy atom. The quantitative estimate of drug-likeness (QED) is 0.714. The van der Waals surface area contributed by atoms with Crippen LogP contribution in [0.5, 0.6) is 0 Å². The summed E-state index contributed by atoms with van der Waals surface area (Å²) in [5.41, 5.74) is 1.52. The van der Waals surface area contributed by atoms with E-state index in [2.05, 4.69) is 9.72 Å². The van der Waals surface area contributed by atoms with Crippen LogP contribution in [0.15, 0.2) is 18.5 Å². The van der Waals surface area contributed by atoms with Crippen molar-refractivity contribution in [1.29, 1.82) is 0 Å². The standard InChI is InChI=1S/C8H8F3NO/c1-6-4-7(5-12-6)2-3-13-8(9,10)11/h2-5,12H,1H3. The van der Waals surface area contributed by atoms with Gasteiger partial charge in [0.25, 0.3) is 0 Å². The summed E-state index contributed by atoms with van der Waals surface area (Å²) in [7, 11) is 0. The molecule has 0 unspecified atom stereocenters. The van der Waals surface area contributed by atoms with E-state index >= 15 is 0 Å². The number of alkyl halides is 3. The van der Waals surface area contributed by atoms with Crippen molar-refractivity contribution in [3.8, 4) is 0 Å². The summed E-state index contributed by atoms with van der Waals surface area (Å²) < 4.78 is 37.9. The van der Waals surface area contributed by atoms with Gasteiger partial charge in [0, 0.05) is 11.9 Å². The summed E-state index contributed by atoms with van der Waals surface area (Å²) in [4.78, 5) is 2.83. The van der Waals surface area contributed by atoms with Crippen molar-refractivity contribution >= 4 is 6.08 Å². The third kappa shape index (κ3) is 3.68. The molecule has 0 aliphatic rings. The van der Waals surface area contributed by atoms with E-state index in [1.165, 1.54) is 6.08 Å². The Labute approximate surface area is 73.0 Å². The first kappa shape index (κ1) is 9.70. The SMILES string of the molecule is Cc1cc(C=COC(F)(F)F)c[nH]1. The number of aromatic amines is 1. The molecule has 0 fully saturated rings. The molecule has 0 radical (unpaired) electrons. The molecule has 1 aromatic heterocycles. The van der Waals surface area contributed by atoms with Crippen molar-refractivity contribution in [2.75, 3.05) is 0 Å². The number of aromatic nitrogens is 1. The van der Waals surface area contributed by atoms with Crippen LogP contribution >= 0.6 is 0 Å². The largest absolute Gasteiger partial charge is 0.572 e. The average Bonchev–Trinajstić information content (AvgIpc) is 2.33. The fraction of sp³-hybridized carbons (Fsp3) is 0.250. The lowest BCUT2D eigenvalue weighted by Gasteiger charge is -2.01. The van der Waals surface area contributed by atoms with Crippen LogP contribution in [-0.4, -0.2) is 11.3 Å². The fourth-order valence-electron chi connectivity index (χ4n) is 0.816. The van der Waals surface area contributed by atoms with Crippen molar-refractivity contribution in [1.82, 2.24) is 4.98 Å². The highest BCUT2D eigenvalue weighted by atomic mass is 19.4. The molecule has 0 aromatic carbocycles. The summed E-state index contributed by atoms with van der Waals surface area (Å²) in [6.07, 6.45) is -1.17. The van der Waals surface area contributed by atoms with Gasteiger partial charge in [0.15, 0.2) is 0 Å². The first-order chi connectivity index (χ1) is 5.97. The Morgan fingerprint density at radius 3 is 2.62 bits per heavy atom. The van der Waals surface area contributed by atoms with Crippen molar-refractivity contribution in [2.45, 2.75) is 13.3 Å². The molecule has 0 amide bonds. The Kier molecular flexibility index (Phi) is 2.65. The molecule has 72 valence electrons. The Bertz CT molecular complexity index is 301. The average molecular weight is 191 g/mol. The summed E-state index contributed by atoms with van der Waals surface area (Å²) in [6, 6.07) is 1.70. The molecule has 0 atom stereocenters. The Balaban J connectivity index is 2.50. The molecule has 0 saturated heterocycles. The lowest BCUT2D eigenvalue weighted by atomic mass is 10.3. The van der Waals surface area contributed by atoms with Crippen LogP contribution in [0.3, 0.4) is 0 Å². The summed E-state index contributed by atoms with van der Waals surface area (Å²) in [6.45, 7) is 1.81. The number of halogens is 3. The predicted octanol–water partition coefficient (Wildman–Crippen LogP) is 2.83. The third-order valence-corrected chi connectivity index (χ3v) is 1.31. The molecule has 0 aliphatic heterocycles. The van der Waals surface area contributed by atoms with E-state index in [1.54, 1.807) is 12.3 Å². The van der Waals surface area contributed by atoms with Gasteiger partial charge in [-0.3, -0.25) is 0 Å². The van der Waals surface area contributed by atoms with Gasteiger partial charge in [-0.05, 0) is 24.6 Å². The van der Waals surface area contributed by atoms with Crippen LogP contribution in [0, 0.1) is 6.92 Å². The summed E-state index contributed by atoms with van der Waals surface area (Å²) in [5.74, 6) is 0. The molecule has 1 N–H and O–H groups in total. The van der Waals surface area contributed by atoms with Crippen LogP contribution in [0.4, 0.5) is 13.2 Å². The van der Waals surface area contributed by atoms with Crippen LogP contribution in [0.2, 0.25) is 0 Å². The minimum Gasteiger partial charge on any atom is -0.414 e. The molecule has 0 bridgehead atoms. The zero-order valence-corrected chi connectivity index (χ0v) is 6.85. The Morgan fingerprint density at radius 2 is 2.15 bits per heavy atom. The number of nitrogens with one attached hydrogen (secondary N) is 1. The van der Waals surface area contributed by atoms with Crippen molar-refractivity contribution in [3.63, 3.8) is 0 Å². The molecule has 2 nitrogen and oxygen atoms in total. The van der Waals surface area contributed by atoms with E-state index in [-0.39, 0.29) is 0 Å². The Hall–Kier alpha value is -1.39.